The van der Waals surface area contributed by atoms with E-state index in [2.05, 4.69) is 4.98 Å². The molecular weight excluding hydrogens is 302 g/mol. The third-order valence-corrected chi connectivity index (χ3v) is 5.99. The molecule has 1 aliphatic heterocycles. The number of aromatic nitrogens is 1. The van der Waals surface area contributed by atoms with Crippen LogP contribution in [0.25, 0.3) is 0 Å². The summed E-state index contributed by atoms with van der Waals surface area (Å²) in [5.41, 5.74) is 0.923. The van der Waals surface area contributed by atoms with Gasteiger partial charge in [-0.3, -0.25) is 4.98 Å². The summed E-state index contributed by atoms with van der Waals surface area (Å²) in [6.45, 7) is 5.06. The summed E-state index contributed by atoms with van der Waals surface area (Å²) in [5.74, 6) is 0. The largest absolute Gasteiger partial charge is 0.373 e. The number of nitrogens with zero attached hydrogens (tertiary/aromatic N) is 3. The smallest absolute Gasteiger partial charge is 0.282 e. The third kappa shape index (κ3) is 3.48. The zero-order chi connectivity index (χ0) is 15.7. The van der Waals surface area contributed by atoms with Crippen molar-refractivity contribution >= 4 is 10.2 Å². The van der Waals surface area contributed by atoms with Crippen molar-refractivity contribution in [1.82, 2.24) is 13.6 Å². The van der Waals surface area contributed by atoms with Crippen LogP contribution in [0, 0.1) is 0 Å². The van der Waals surface area contributed by atoms with Crippen LogP contribution in [0.4, 0.5) is 0 Å². The first-order valence-corrected chi connectivity index (χ1v) is 9.18. The summed E-state index contributed by atoms with van der Waals surface area (Å²) >= 11 is 0. The van der Waals surface area contributed by atoms with E-state index in [1.807, 2.05) is 26.0 Å². The van der Waals surface area contributed by atoms with Crippen LogP contribution in [0.3, 0.4) is 0 Å². The van der Waals surface area contributed by atoms with E-state index in [0.717, 1.165) is 18.4 Å². The summed E-state index contributed by atoms with van der Waals surface area (Å²) in [6.07, 6.45) is 5.17. The standard InChI is InChI=1S/C15H23N3O3S/c1-12-9-17(10-13(2)21-12)22(19,20)18(15-5-6-15)11-14-4-3-7-16-8-14/h3-4,7-8,12-13,15H,5-6,9-11H2,1-2H3. The van der Waals surface area contributed by atoms with E-state index in [-0.39, 0.29) is 18.2 Å². The molecule has 0 radical (unpaired) electrons. The average molecular weight is 325 g/mol. The molecule has 2 aliphatic rings. The van der Waals surface area contributed by atoms with Crippen LogP contribution < -0.4 is 0 Å². The van der Waals surface area contributed by atoms with Gasteiger partial charge in [0.25, 0.3) is 10.2 Å². The monoisotopic (exact) mass is 325 g/mol. The van der Waals surface area contributed by atoms with E-state index in [9.17, 15) is 8.42 Å². The maximum Gasteiger partial charge on any atom is 0.282 e. The molecule has 2 heterocycles. The van der Waals surface area contributed by atoms with Gasteiger partial charge in [-0.25, -0.2) is 0 Å². The van der Waals surface area contributed by atoms with Crippen molar-refractivity contribution in [3.63, 3.8) is 0 Å². The number of pyridine rings is 1. The minimum Gasteiger partial charge on any atom is -0.373 e. The second-order valence-corrected chi connectivity index (χ2v) is 8.10. The highest BCUT2D eigenvalue weighted by Crippen LogP contribution is 2.32. The van der Waals surface area contributed by atoms with Crippen LogP contribution in [-0.4, -0.2) is 53.4 Å². The minimum absolute atomic E-state index is 0.0713. The summed E-state index contributed by atoms with van der Waals surface area (Å²) in [5, 5.41) is 0. The molecular formula is C15H23N3O3S. The highest BCUT2D eigenvalue weighted by molar-refractivity contribution is 7.86. The van der Waals surface area contributed by atoms with Crippen LogP contribution >= 0.6 is 0 Å². The topological polar surface area (TPSA) is 62.7 Å². The van der Waals surface area contributed by atoms with Gasteiger partial charge in [0.15, 0.2) is 0 Å². The van der Waals surface area contributed by atoms with Gasteiger partial charge < -0.3 is 4.74 Å². The van der Waals surface area contributed by atoms with Gasteiger partial charge in [0.1, 0.15) is 0 Å². The van der Waals surface area contributed by atoms with Crippen molar-refractivity contribution in [2.45, 2.75) is 51.5 Å². The molecule has 2 unspecified atom stereocenters. The molecule has 2 fully saturated rings. The molecule has 0 aromatic carbocycles. The zero-order valence-electron chi connectivity index (χ0n) is 13.1. The summed E-state index contributed by atoms with van der Waals surface area (Å²) < 4.78 is 34.9. The van der Waals surface area contributed by atoms with Gasteiger partial charge in [-0.2, -0.15) is 17.0 Å². The summed E-state index contributed by atoms with van der Waals surface area (Å²) in [7, 11) is -3.47. The Morgan fingerprint density at radius 2 is 2.00 bits per heavy atom. The molecule has 0 spiro atoms. The number of morpholine rings is 1. The predicted octanol–water partition coefficient (Wildman–Crippen LogP) is 1.40. The Labute approximate surface area is 132 Å². The molecule has 1 aromatic heterocycles. The summed E-state index contributed by atoms with van der Waals surface area (Å²) in [6, 6.07) is 3.88. The van der Waals surface area contributed by atoms with Crippen molar-refractivity contribution in [2.75, 3.05) is 13.1 Å². The van der Waals surface area contributed by atoms with Crippen molar-refractivity contribution < 1.29 is 13.2 Å². The molecule has 22 heavy (non-hydrogen) atoms. The van der Waals surface area contributed by atoms with E-state index < -0.39 is 10.2 Å². The Morgan fingerprint density at radius 1 is 1.32 bits per heavy atom. The first-order chi connectivity index (χ1) is 10.5. The lowest BCUT2D eigenvalue weighted by molar-refractivity contribution is -0.0456. The van der Waals surface area contributed by atoms with Crippen LogP contribution in [0.5, 0.6) is 0 Å². The van der Waals surface area contributed by atoms with E-state index in [1.165, 1.54) is 0 Å². The fourth-order valence-electron chi connectivity index (χ4n) is 2.90. The van der Waals surface area contributed by atoms with E-state index in [4.69, 9.17) is 4.74 Å². The molecule has 122 valence electrons. The molecule has 3 rings (SSSR count). The lowest BCUT2D eigenvalue weighted by atomic mass is 10.3. The Bertz CT molecular complexity index is 594. The second kappa shape index (κ2) is 6.23. The van der Waals surface area contributed by atoms with E-state index >= 15 is 0 Å². The molecule has 6 nitrogen and oxygen atoms in total. The molecule has 7 heteroatoms. The van der Waals surface area contributed by atoms with Crippen molar-refractivity contribution in [1.29, 1.82) is 0 Å². The Hall–Kier alpha value is -1.02. The molecule has 1 aliphatic carbocycles. The van der Waals surface area contributed by atoms with Gasteiger partial charge in [-0.15, -0.1) is 0 Å². The highest BCUT2D eigenvalue weighted by atomic mass is 32.2. The lowest BCUT2D eigenvalue weighted by Crippen LogP contribution is -2.53. The lowest BCUT2D eigenvalue weighted by Gasteiger charge is -2.37. The van der Waals surface area contributed by atoms with Gasteiger partial charge in [0.2, 0.25) is 0 Å². The van der Waals surface area contributed by atoms with Crippen molar-refractivity contribution in [3.8, 4) is 0 Å². The van der Waals surface area contributed by atoms with Crippen LogP contribution in [0.15, 0.2) is 24.5 Å². The number of rotatable bonds is 5. The normalized spacial score (nSPS) is 27.2. The third-order valence-electron chi connectivity index (χ3n) is 4.02. The van der Waals surface area contributed by atoms with Gasteiger partial charge >= 0.3 is 0 Å². The van der Waals surface area contributed by atoms with Gasteiger partial charge in [-0.05, 0) is 38.3 Å². The highest BCUT2D eigenvalue weighted by Gasteiger charge is 2.42. The Balaban J connectivity index is 1.80. The first-order valence-electron chi connectivity index (χ1n) is 7.78. The SMILES string of the molecule is CC1CN(S(=O)(=O)N(Cc2cccnc2)C2CC2)CC(C)O1. The zero-order valence-corrected chi connectivity index (χ0v) is 13.9. The number of hydrogen-bond donors (Lipinski definition) is 0. The van der Waals surface area contributed by atoms with Crippen LogP contribution in [-0.2, 0) is 21.5 Å². The van der Waals surface area contributed by atoms with Gasteiger partial charge in [0.05, 0.1) is 12.2 Å². The van der Waals surface area contributed by atoms with Crippen molar-refractivity contribution in [2.24, 2.45) is 0 Å². The van der Waals surface area contributed by atoms with Gasteiger partial charge in [-0.1, -0.05) is 6.07 Å². The number of ether oxygens (including phenoxy) is 1. The van der Waals surface area contributed by atoms with E-state index in [1.54, 1.807) is 21.0 Å². The van der Waals surface area contributed by atoms with Crippen LogP contribution in [0.2, 0.25) is 0 Å². The quantitative estimate of drug-likeness (QED) is 0.821. The molecule has 1 saturated carbocycles. The molecule has 0 amide bonds. The maximum absolute atomic E-state index is 13.0. The van der Waals surface area contributed by atoms with Crippen molar-refractivity contribution in [3.05, 3.63) is 30.1 Å². The first kappa shape index (κ1) is 15.9. The number of hydrogen-bond acceptors (Lipinski definition) is 4. The summed E-state index contributed by atoms with van der Waals surface area (Å²) in [4.78, 5) is 4.08. The Morgan fingerprint density at radius 3 is 2.55 bits per heavy atom. The van der Waals surface area contributed by atoms with E-state index in [0.29, 0.717) is 19.6 Å². The van der Waals surface area contributed by atoms with Crippen LogP contribution in [0.1, 0.15) is 32.3 Å². The fourth-order valence-corrected chi connectivity index (χ4v) is 4.89. The fraction of sp³-hybridized carbons (Fsp3) is 0.667. The maximum atomic E-state index is 13.0. The molecule has 1 saturated heterocycles. The Kier molecular flexibility index (Phi) is 4.49. The second-order valence-electron chi connectivity index (χ2n) is 6.22. The molecule has 1 aromatic rings. The predicted molar refractivity (Wildman–Crippen MR) is 83.3 cm³/mol. The molecule has 0 N–H and O–H groups in total. The molecule has 2 atom stereocenters. The molecule has 0 bridgehead atoms. The average Bonchev–Trinajstić information content (AvgIpc) is 3.29. The minimum atomic E-state index is -3.47. The van der Waals surface area contributed by atoms with Gasteiger partial charge in [0, 0.05) is 38.1 Å².